The van der Waals surface area contributed by atoms with E-state index < -0.39 is 0 Å². The molecular formula is C14H18N2S. The molecule has 0 aliphatic carbocycles. The first-order chi connectivity index (χ1) is 8.20. The molecule has 0 atom stereocenters. The van der Waals surface area contributed by atoms with E-state index in [1.165, 1.54) is 21.7 Å². The molecule has 0 aliphatic rings. The van der Waals surface area contributed by atoms with Gasteiger partial charge in [-0.15, -0.1) is 11.3 Å². The summed E-state index contributed by atoms with van der Waals surface area (Å²) in [5.41, 5.74) is 10.4. The molecule has 1 heterocycles. The molecule has 90 valence electrons. The smallest absolute Gasteiger partial charge is 0.0933 e. The summed E-state index contributed by atoms with van der Waals surface area (Å²) in [4.78, 5) is 4.68. The molecule has 2 nitrogen and oxygen atoms in total. The van der Waals surface area contributed by atoms with Crippen LogP contribution in [0.3, 0.4) is 0 Å². The van der Waals surface area contributed by atoms with Gasteiger partial charge < -0.3 is 5.73 Å². The summed E-state index contributed by atoms with van der Waals surface area (Å²) in [7, 11) is 0. The van der Waals surface area contributed by atoms with Crippen LogP contribution in [0, 0.1) is 13.8 Å². The standard InChI is InChI=1S/C14H18N2S/c1-10-5-6-11(2)12(8-10)13-9-17-14(16-13)4-3-7-15/h5-6,8-9H,3-4,7,15H2,1-2H3. The Balaban J connectivity index is 2.27. The molecule has 3 heteroatoms. The SMILES string of the molecule is Cc1ccc(C)c(-c2csc(CCCN)n2)c1. The van der Waals surface area contributed by atoms with Crippen LogP contribution in [0.15, 0.2) is 23.6 Å². The molecule has 0 fully saturated rings. The van der Waals surface area contributed by atoms with Crippen molar-refractivity contribution in [1.29, 1.82) is 0 Å². The Kier molecular flexibility index (Phi) is 3.92. The van der Waals surface area contributed by atoms with Crippen LogP contribution in [0.5, 0.6) is 0 Å². The van der Waals surface area contributed by atoms with Gasteiger partial charge in [-0.05, 0) is 38.4 Å². The third kappa shape index (κ3) is 2.93. The molecule has 0 spiro atoms. The number of thiazole rings is 1. The van der Waals surface area contributed by atoms with E-state index >= 15 is 0 Å². The minimum atomic E-state index is 0.735. The Labute approximate surface area is 107 Å². The van der Waals surface area contributed by atoms with E-state index in [2.05, 4.69) is 42.4 Å². The maximum atomic E-state index is 5.52. The molecule has 0 saturated heterocycles. The third-order valence-electron chi connectivity index (χ3n) is 2.82. The minimum Gasteiger partial charge on any atom is -0.330 e. The number of aryl methyl sites for hydroxylation is 3. The average Bonchev–Trinajstić information content (AvgIpc) is 2.78. The van der Waals surface area contributed by atoms with Gasteiger partial charge >= 0.3 is 0 Å². The summed E-state index contributed by atoms with van der Waals surface area (Å²) >= 11 is 1.73. The molecule has 0 amide bonds. The van der Waals surface area contributed by atoms with Gasteiger partial charge in [-0.3, -0.25) is 0 Å². The Morgan fingerprint density at radius 2 is 2.12 bits per heavy atom. The van der Waals surface area contributed by atoms with Crippen LogP contribution in [0.4, 0.5) is 0 Å². The average molecular weight is 246 g/mol. The highest BCUT2D eigenvalue weighted by atomic mass is 32.1. The van der Waals surface area contributed by atoms with E-state index in [0.29, 0.717) is 0 Å². The highest BCUT2D eigenvalue weighted by Gasteiger charge is 2.07. The fourth-order valence-electron chi connectivity index (χ4n) is 1.81. The van der Waals surface area contributed by atoms with Crippen molar-refractivity contribution in [3.8, 4) is 11.3 Å². The maximum Gasteiger partial charge on any atom is 0.0933 e. The zero-order chi connectivity index (χ0) is 12.3. The first kappa shape index (κ1) is 12.3. The quantitative estimate of drug-likeness (QED) is 0.898. The zero-order valence-corrected chi connectivity index (χ0v) is 11.2. The van der Waals surface area contributed by atoms with Crippen molar-refractivity contribution in [2.24, 2.45) is 5.73 Å². The van der Waals surface area contributed by atoms with Gasteiger partial charge in [0, 0.05) is 17.4 Å². The maximum absolute atomic E-state index is 5.52. The third-order valence-corrected chi connectivity index (χ3v) is 3.72. The summed E-state index contributed by atoms with van der Waals surface area (Å²) < 4.78 is 0. The van der Waals surface area contributed by atoms with Gasteiger partial charge in [0.1, 0.15) is 0 Å². The first-order valence-electron chi connectivity index (χ1n) is 5.93. The molecule has 0 bridgehead atoms. The van der Waals surface area contributed by atoms with Gasteiger partial charge in [0.25, 0.3) is 0 Å². The van der Waals surface area contributed by atoms with Crippen molar-refractivity contribution in [2.75, 3.05) is 6.54 Å². The number of nitrogens with zero attached hydrogens (tertiary/aromatic N) is 1. The highest BCUT2D eigenvalue weighted by Crippen LogP contribution is 2.26. The van der Waals surface area contributed by atoms with Crippen molar-refractivity contribution in [1.82, 2.24) is 4.98 Å². The number of rotatable bonds is 4. The highest BCUT2D eigenvalue weighted by molar-refractivity contribution is 7.09. The van der Waals surface area contributed by atoms with Gasteiger partial charge in [-0.2, -0.15) is 0 Å². The van der Waals surface area contributed by atoms with Crippen LogP contribution in [-0.4, -0.2) is 11.5 Å². The predicted octanol–water partition coefficient (Wildman–Crippen LogP) is 3.32. The molecule has 2 N–H and O–H groups in total. The minimum absolute atomic E-state index is 0.735. The van der Waals surface area contributed by atoms with E-state index in [0.717, 1.165) is 25.1 Å². The zero-order valence-electron chi connectivity index (χ0n) is 10.4. The number of nitrogens with two attached hydrogens (primary N) is 1. The molecule has 0 radical (unpaired) electrons. The van der Waals surface area contributed by atoms with Crippen molar-refractivity contribution in [3.63, 3.8) is 0 Å². The number of hydrogen-bond acceptors (Lipinski definition) is 3. The molecule has 17 heavy (non-hydrogen) atoms. The van der Waals surface area contributed by atoms with E-state index in [1.807, 2.05) is 0 Å². The monoisotopic (exact) mass is 246 g/mol. The Hall–Kier alpha value is -1.19. The van der Waals surface area contributed by atoms with Gasteiger partial charge in [-0.25, -0.2) is 4.98 Å². The molecule has 0 saturated carbocycles. The summed E-state index contributed by atoms with van der Waals surface area (Å²) in [6, 6.07) is 6.50. The van der Waals surface area contributed by atoms with Gasteiger partial charge in [0.15, 0.2) is 0 Å². The van der Waals surface area contributed by atoms with Crippen LogP contribution in [0.1, 0.15) is 22.6 Å². The Bertz CT molecular complexity index is 503. The second-order valence-electron chi connectivity index (χ2n) is 4.34. The van der Waals surface area contributed by atoms with Crippen LogP contribution >= 0.6 is 11.3 Å². The molecule has 0 unspecified atom stereocenters. The lowest BCUT2D eigenvalue weighted by molar-refractivity contribution is 0.826. The molecular weight excluding hydrogens is 228 g/mol. The lowest BCUT2D eigenvalue weighted by atomic mass is 10.0. The van der Waals surface area contributed by atoms with Crippen LogP contribution in [0.25, 0.3) is 11.3 Å². The fourth-order valence-corrected chi connectivity index (χ4v) is 2.66. The number of hydrogen-bond donors (Lipinski definition) is 1. The van der Waals surface area contributed by atoms with E-state index in [9.17, 15) is 0 Å². The van der Waals surface area contributed by atoms with Crippen LogP contribution < -0.4 is 5.73 Å². The summed E-state index contributed by atoms with van der Waals surface area (Å²) in [6.45, 7) is 4.98. The van der Waals surface area contributed by atoms with Crippen molar-refractivity contribution in [3.05, 3.63) is 39.7 Å². The molecule has 1 aromatic carbocycles. The van der Waals surface area contributed by atoms with Crippen molar-refractivity contribution >= 4 is 11.3 Å². The van der Waals surface area contributed by atoms with E-state index in [4.69, 9.17) is 5.73 Å². The lowest BCUT2D eigenvalue weighted by Crippen LogP contribution is -2.00. The lowest BCUT2D eigenvalue weighted by Gasteiger charge is -2.03. The molecule has 0 aliphatic heterocycles. The Morgan fingerprint density at radius 1 is 1.29 bits per heavy atom. The molecule has 2 aromatic rings. The largest absolute Gasteiger partial charge is 0.330 e. The van der Waals surface area contributed by atoms with Gasteiger partial charge in [-0.1, -0.05) is 17.7 Å². The molecule has 1 aromatic heterocycles. The Morgan fingerprint density at radius 3 is 2.88 bits per heavy atom. The second kappa shape index (κ2) is 5.43. The number of benzene rings is 1. The van der Waals surface area contributed by atoms with Crippen LogP contribution in [-0.2, 0) is 6.42 Å². The van der Waals surface area contributed by atoms with E-state index in [-0.39, 0.29) is 0 Å². The topological polar surface area (TPSA) is 38.9 Å². The molecule has 2 rings (SSSR count). The van der Waals surface area contributed by atoms with E-state index in [1.54, 1.807) is 11.3 Å². The normalized spacial score (nSPS) is 10.8. The van der Waals surface area contributed by atoms with Gasteiger partial charge in [0.2, 0.25) is 0 Å². The van der Waals surface area contributed by atoms with Gasteiger partial charge in [0.05, 0.1) is 10.7 Å². The summed E-state index contributed by atoms with van der Waals surface area (Å²) in [5.74, 6) is 0. The second-order valence-corrected chi connectivity index (χ2v) is 5.28. The summed E-state index contributed by atoms with van der Waals surface area (Å²) in [6.07, 6.45) is 2.01. The predicted molar refractivity (Wildman–Crippen MR) is 74.4 cm³/mol. The van der Waals surface area contributed by atoms with Crippen molar-refractivity contribution < 1.29 is 0 Å². The fraction of sp³-hybridized carbons (Fsp3) is 0.357. The van der Waals surface area contributed by atoms with Crippen LogP contribution in [0.2, 0.25) is 0 Å². The van der Waals surface area contributed by atoms with Crippen molar-refractivity contribution in [2.45, 2.75) is 26.7 Å². The summed E-state index contributed by atoms with van der Waals surface area (Å²) in [5, 5.41) is 3.33. The first-order valence-corrected chi connectivity index (χ1v) is 6.81. The number of aromatic nitrogens is 1.